The second kappa shape index (κ2) is 8.55. The van der Waals surface area contributed by atoms with Crippen molar-refractivity contribution in [3.8, 4) is 0 Å². The average Bonchev–Trinajstić information content (AvgIpc) is 3.26. The van der Waals surface area contributed by atoms with Crippen molar-refractivity contribution in [1.82, 2.24) is 15.6 Å². The van der Waals surface area contributed by atoms with Gasteiger partial charge < -0.3 is 15.6 Å². The van der Waals surface area contributed by atoms with Gasteiger partial charge in [-0.2, -0.15) is 11.3 Å². The number of nitrogens with zero attached hydrogens (tertiary/aromatic N) is 1. The highest BCUT2D eigenvalue weighted by molar-refractivity contribution is 7.07. The Bertz CT molecular complexity index is 774. The van der Waals surface area contributed by atoms with Crippen LogP contribution >= 0.6 is 11.3 Å². The normalized spacial score (nSPS) is 11.8. The van der Waals surface area contributed by atoms with Crippen molar-refractivity contribution in [2.45, 2.75) is 26.3 Å². The Morgan fingerprint density at radius 1 is 1.21 bits per heavy atom. The van der Waals surface area contributed by atoms with Crippen molar-refractivity contribution in [2.75, 3.05) is 13.1 Å². The summed E-state index contributed by atoms with van der Waals surface area (Å²) in [7, 11) is 0. The smallest absolute Gasteiger partial charge is 0.191 e. The van der Waals surface area contributed by atoms with Gasteiger partial charge in [0.1, 0.15) is 0 Å². The second-order valence-electron chi connectivity index (χ2n) is 5.72. The summed E-state index contributed by atoms with van der Waals surface area (Å²) >= 11 is 1.71. The molecule has 0 fully saturated rings. The third kappa shape index (κ3) is 4.38. The van der Waals surface area contributed by atoms with Crippen molar-refractivity contribution >= 4 is 28.2 Å². The molecule has 0 spiro atoms. The summed E-state index contributed by atoms with van der Waals surface area (Å²) in [6, 6.07) is 10.6. The number of thiophene rings is 1. The molecule has 3 rings (SSSR count). The third-order valence-electron chi connectivity index (χ3n) is 3.93. The number of nitrogens with one attached hydrogen (secondary N) is 3. The highest BCUT2D eigenvalue weighted by Gasteiger charge is 2.03. The zero-order valence-corrected chi connectivity index (χ0v) is 14.8. The predicted octanol–water partition coefficient (Wildman–Crippen LogP) is 3.92. The number of hydrogen-bond acceptors (Lipinski definition) is 2. The van der Waals surface area contributed by atoms with Crippen LogP contribution in [-0.4, -0.2) is 24.0 Å². The Morgan fingerprint density at radius 2 is 2.12 bits per heavy atom. The molecule has 5 heteroatoms. The molecular weight excluding hydrogens is 316 g/mol. The van der Waals surface area contributed by atoms with Gasteiger partial charge in [-0.25, -0.2) is 4.99 Å². The van der Waals surface area contributed by atoms with Crippen LogP contribution in [0.1, 0.15) is 24.5 Å². The first-order valence-electron chi connectivity index (χ1n) is 8.45. The van der Waals surface area contributed by atoms with Gasteiger partial charge in [0.15, 0.2) is 5.96 Å². The Balaban J connectivity index is 1.49. The van der Waals surface area contributed by atoms with Gasteiger partial charge in [0.2, 0.25) is 0 Å². The topological polar surface area (TPSA) is 52.2 Å². The SMILES string of the molecule is CCNC(=NCc1ccsc1)NCCCc1c[nH]c2ccccc12. The lowest BCUT2D eigenvalue weighted by molar-refractivity contribution is 0.746. The lowest BCUT2D eigenvalue weighted by atomic mass is 10.1. The van der Waals surface area contributed by atoms with Crippen LogP contribution in [-0.2, 0) is 13.0 Å². The summed E-state index contributed by atoms with van der Waals surface area (Å²) in [5.74, 6) is 0.891. The molecule has 3 N–H and O–H groups in total. The van der Waals surface area contributed by atoms with E-state index in [1.165, 1.54) is 22.0 Å². The summed E-state index contributed by atoms with van der Waals surface area (Å²) in [4.78, 5) is 7.97. The lowest BCUT2D eigenvalue weighted by Crippen LogP contribution is -2.37. The number of hydrogen-bond donors (Lipinski definition) is 3. The molecule has 24 heavy (non-hydrogen) atoms. The van der Waals surface area contributed by atoms with Crippen molar-refractivity contribution in [3.05, 3.63) is 58.4 Å². The molecule has 0 radical (unpaired) electrons. The molecule has 0 bridgehead atoms. The molecule has 4 nitrogen and oxygen atoms in total. The molecule has 0 aliphatic heterocycles. The first kappa shape index (κ1) is 16.6. The monoisotopic (exact) mass is 340 g/mol. The molecule has 126 valence electrons. The number of aromatic amines is 1. The summed E-state index contributed by atoms with van der Waals surface area (Å²) < 4.78 is 0. The molecule has 3 aromatic rings. The van der Waals surface area contributed by atoms with Gasteiger partial charge in [-0.05, 0) is 53.8 Å². The molecule has 0 unspecified atom stereocenters. The minimum atomic E-state index is 0.723. The van der Waals surface area contributed by atoms with E-state index in [0.717, 1.165) is 38.4 Å². The predicted molar refractivity (Wildman–Crippen MR) is 104 cm³/mol. The number of fused-ring (bicyclic) bond motifs is 1. The first-order chi connectivity index (χ1) is 11.9. The molecule has 0 saturated carbocycles. The molecular formula is C19H24N4S. The largest absolute Gasteiger partial charge is 0.361 e. The number of benzene rings is 1. The molecule has 2 aromatic heterocycles. The van der Waals surface area contributed by atoms with E-state index in [1.54, 1.807) is 11.3 Å². The molecule has 1 aromatic carbocycles. The van der Waals surface area contributed by atoms with E-state index >= 15 is 0 Å². The van der Waals surface area contributed by atoms with Crippen LogP contribution in [0.15, 0.2) is 52.3 Å². The Morgan fingerprint density at radius 3 is 2.96 bits per heavy atom. The number of guanidine groups is 1. The van der Waals surface area contributed by atoms with Gasteiger partial charge in [-0.3, -0.25) is 0 Å². The summed E-state index contributed by atoms with van der Waals surface area (Å²) in [5.41, 5.74) is 3.86. The van der Waals surface area contributed by atoms with Crippen molar-refractivity contribution < 1.29 is 0 Å². The van der Waals surface area contributed by atoms with E-state index in [1.807, 2.05) is 0 Å². The summed E-state index contributed by atoms with van der Waals surface area (Å²) in [6.07, 6.45) is 4.26. The Kier molecular flexibility index (Phi) is 5.90. The fourth-order valence-corrected chi connectivity index (χ4v) is 3.38. The van der Waals surface area contributed by atoms with Crippen LogP contribution in [0, 0.1) is 0 Å². The molecule has 0 amide bonds. The summed E-state index contributed by atoms with van der Waals surface area (Å²) in [6.45, 7) is 4.60. The third-order valence-corrected chi connectivity index (χ3v) is 4.67. The molecule has 0 atom stereocenters. The van der Waals surface area contributed by atoms with Crippen LogP contribution in [0.4, 0.5) is 0 Å². The van der Waals surface area contributed by atoms with Crippen molar-refractivity contribution in [1.29, 1.82) is 0 Å². The van der Waals surface area contributed by atoms with Gasteiger partial charge >= 0.3 is 0 Å². The standard InChI is InChI=1S/C19H24N4S/c1-2-20-19(23-12-15-9-11-24-14-15)21-10-5-6-16-13-22-18-8-4-3-7-17(16)18/h3-4,7-9,11,13-14,22H,2,5-6,10,12H2,1H3,(H2,20,21,23). The Labute approximate surface area is 147 Å². The number of para-hydroxylation sites is 1. The van der Waals surface area contributed by atoms with Crippen LogP contribution in [0.3, 0.4) is 0 Å². The average molecular weight is 340 g/mol. The maximum atomic E-state index is 4.64. The van der Waals surface area contributed by atoms with E-state index in [2.05, 4.69) is 74.8 Å². The first-order valence-corrected chi connectivity index (χ1v) is 9.39. The van der Waals surface area contributed by atoms with Gasteiger partial charge in [-0.15, -0.1) is 0 Å². The van der Waals surface area contributed by atoms with Crippen LogP contribution < -0.4 is 10.6 Å². The van der Waals surface area contributed by atoms with Gasteiger partial charge in [0, 0.05) is 30.2 Å². The van der Waals surface area contributed by atoms with Crippen molar-refractivity contribution in [3.63, 3.8) is 0 Å². The molecule has 0 aliphatic rings. The minimum absolute atomic E-state index is 0.723. The maximum Gasteiger partial charge on any atom is 0.191 e. The quantitative estimate of drug-likeness (QED) is 0.347. The molecule has 0 aliphatic carbocycles. The number of aliphatic imine (C=N–C) groups is 1. The van der Waals surface area contributed by atoms with Crippen LogP contribution in [0.25, 0.3) is 10.9 Å². The fraction of sp³-hybridized carbons (Fsp3) is 0.316. The maximum absolute atomic E-state index is 4.64. The number of aromatic nitrogens is 1. The zero-order chi connectivity index (χ0) is 16.6. The van der Waals surface area contributed by atoms with E-state index in [0.29, 0.717) is 0 Å². The Hall–Kier alpha value is -2.27. The van der Waals surface area contributed by atoms with Gasteiger partial charge in [-0.1, -0.05) is 18.2 Å². The van der Waals surface area contributed by atoms with E-state index in [-0.39, 0.29) is 0 Å². The zero-order valence-electron chi connectivity index (χ0n) is 14.0. The second-order valence-corrected chi connectivity index (χ2v) is 6.50. The van der Waals surface area contributed by atoms with Crippen LogP contribution in [0.5, 0.6) is 0 Å². The van der Waals surface area contributed by atoms with E-state index < -0.39 is 0 Å². The fourth-order valence-electron chi connectivity index (χ4n) is 2.72. The van der Waals surface area contributed by atoms with Crippen molar-refractivity contribution in [2.24, 2.45) is 4.99 Å². The highest BCUT2D eigenvalue weighted by Crippen LogP contribution is 2.18. The van der Waals surface area contributed by atoms with E-state index in [4.69, 9.17) is 0 Å². The summed E-state index contributed by atoms with van der Waals surface area (Å²) in [5, 5.41) is 12.3. The number of H-pyrrole nitrogens is 1. The number of aryl methyl sites for hydroxylation is 1. The highest BCUT2D eigenvalue weighted by atomic mass is 32.1. The minimum Gasteiger partial charge on any atom is -0.361 e. The molecule has 2 heterocycles. The van der Waals surface area contributed by atoms with Crippen LogP contribution in [0.2, 0.25) is 0 Å². The number of rotatable bonds is 7. The van der Waals surface area contributed by atoms with Gasteiger partial charge in [0.05, 0.1) is 6.54 Å². The van der Waals surface area contributed by atoms with Gasteiger partial charge in [0.25, 0.3) is 0 Å². The van der Waals surface area contributed by atoms with E-state index in [9.17, 15) is 0 Å². The molecule has 0 saturated heterocycles. The lowest BCUT2D eigenvalue weighted by Gasteiger charge is -2.11.